The molecule has 0 saturated carbocycles. The van der Waals surface area contributed by atoms with Gasteiger partial charge in [0, 0.05) is 25.5 Å². The molecule has 0 radical (unpaired) electrons. The van der Waals surface area contributed by atoms with Crippen LogP contribution in [0.25, 0.3) is 11.0 Å². The molecule has 0 amide bonds. The Morgan fingerprint density at radius 3 is 1.88 bits per heavy atom. The third-order valence-corrected chi connectivity index (χ3v) is 2.22. The van der Waals surface area contributed by atoms with Crippen LogP contribution in [0.1, 0.15) is 0 Å². The second kappa shape index (κ2) is 6.15. The second-order valence-electron chi connectivity index (χ2n) is 3.41. The van der Waals surface area contributed by atoms with Crippen LogP contribution in [0.3, 0.4) is 0 Å². The highest BCUT2D eigenvalue weighted by Gasteiger charge is 1.93. The van der Waals surface area contributed by atoms with Crippen molar-refractivity contribution in [3.63, 3.8) is 0 Å². The highest BCUT2D eigenvalue weighted by Crippen LogP contribution is 2.04. The molecule has 2 heterocycles. The van der Waals surface area contributed by atoms with Gasteiger partial charge in [0.15, 0.2) is 0 Å². The van der Waals surface area contributed by atoms with Gasteiger partial charge in [0.1, 0.15) is 0 Å². The van der Waals surface area contributed by atoms with Gasteiger partial charge in [0.05, 0.1) is 24.2 Å². The number of benzene rings is 1. The van der Waals surface area contributed by atoms with Gasteiger partial charge in [-0.15, -0.1) is 0 Å². The average Bonchev–Trinajstić information content (AvgIpc) is 2.42. The highest BCUT2D eigenvalue weighted by atomic mass is 16.5. The molecule has 2 aromatic rings. The molecule has 0 unspecified atom stereocenters. The predicted octanol–water partition coefficient (Wildman–Crippen LogP) is 1.24. The zero-order chi connectivity index (χ0) is 11.1. The topological polar surface area (TPSA) is 47.0 Å². The van der Waals surface area contributed by atoms with Gasteiger partial charge in [-0.25, -0.2) is 0 Å². The summed E-state index contributed by atoms with van der Waals surface area (Å²) in [6.45, 7) is 3.83. The van der Waals surface area contributed by atoms with Crippen LogP contribution in [-0.4, -0.2) is 36.3 Å². The lowest BCUT2D eigenvalue weighted by Crippen LogP contribution is -2.30. The normalized spacial score (nSPS) is 15.2. The maximum absolute atomic E-state index is 5.01. The van der Waals surface area contributed by atoms with Crippen LogP contribution in [0.4, 0.5) is 0 Å². The van der Waals surface area contributed by atoms with Crippen molar-refractivity contribution in [3.8, 4) is 0 Å². The van der Waals surface area contributed by atoms with Gasteiger partial charge in [0.2, 0.25) is 0 Å². The lowest BCUT2D eigenvalue weighted by molar-refractivity contribution is 0.109. The molecular formula is C12H15N3O. The summed E-state index contributed by atoms with van der Waals surface area (Å²) < 4.78 is 5.01. The Hall–Kier alpha value is -1.52. The van der Waals surface area contributed by atoms with Crippen molar-refractivity contribution < 1.29 is 4.74 Å². The molecule has 1 N–H and O–H groups in total. The molecular weight excluding hydrogens is 202 g/mol. The van der Waals surface area contributed by atoms with E-state index in [1.165, 1.54) is 0 Å². The van der Waals surface area contributed by atoms with E-state index in [0.717, 1.165) is 37.3 Å². The number of fused-ring (bicyclic) bond motifs is 1. The Kier molecular flexibility index (Phi) is 4.22. The molecule has 84 valence electrons. The number of rotatable bonds is 0. The minimum Gasteiger partial charge on any atom is -0.379 e. The Morgan fingerprint density at radius 1 is 0.938 bits per heavy atom. The van der Waals surface area contributed by atoms with Crippen LogP contribution in [0, 0.1) is 0 Å². The van der Waals surface area contributed by atoms with Gasteiger partial charge in [-0.2, -0.15) is 0 Å². The zero-order valence-corrected chi connectivity index (χ0v) is 9.10. The molecule has 1 aliphatic heterocycles. The molecule has 3 rings (SSSR count). The number of nitrogens with zero attached hydrogens (tertiary/aromatic N) is 2. The fourth-order valence-electron chi connectivity index (χ4n) is 1.43. The molecule has 0 aliphatic carbocycles. The van der Waals surface area contributed by atoms with Gasteiger partial charge in [-0.1, -0.05) is 12.1 Å². The summed E-state index contributed by atoms with van der Waals surface area (Å²) >= 11 is 0. The lowest BCUT2D eigenvalue weighted by atomic mass is 10.3. The number of nitrogens with one attached hydrogen (secondary N) is 1. The van der Waals surface area contributed by atoms with Crippen LogP contribution in [0.15, 0.2) is 36.7 Å². The molecule has 0 spiro atoms. The van der Waals surface area contributed by atoms with Gasteiger partial charge in [0.25, 0.3) is 0 Å². The second-order valence-corrected chi connectivity index (χ2v) is 3.41. The largest absolute Gasteiger partial charge is 0.379 e. The van der Waals surface area contributed by atoms with E-state index in [1.54, 1.807) is 12.4 Å². The van der Waals surface area contributed by atoms with Crippen molar-refractivity contribution >= 4 is 11.0 Å². The van der Waals surface area contributed by atoms with E-state index >= 15 is 0 Å². The molecule has 1 aromatic carbocycles. The van der Waals surface area contributed by atoms with Gasteiger partial charge < -0.3 is 10.1 Å². The summed E-state index contributed by atoms with van der Waals surface area (Å²) in [6.07, 6.45) is 3.39. The number of hydrogen-bond acceptors (Lipinski definition) is 4. The summed E-state index contributed by atoms with van der Waals surface area (Å²) in [6, 6.07) is 7.80. The molecule has 4 nitrogen and oxygen atoms in total. The van der Waals surface area contributed by atoms with E-state index in [-0.39, 0.29) is 0 Å². The minimum atomic E-state index is 0.889. The van der Waals surface area contributed by atoms with Gasteiger partial charge in [-0.05, 0) is 12.1 Å². The van der Waals surface area contributed by atoms with Crippen molar-refractivity contribution in [1.29, 1.82) is 0 Å². The smallest absolute Gasteiger partial charge is 0.0886 e. The van der Waals surface area contributed by atoms with Crippen molar-refractivity contribution in [3.05, 3.63) is 36.7 Å². The molecule has 4 heteroatoms. The third kappa shape index (κ3) is 3.25. The number of ether oxygens (including phenoxy) is 1. The summed E-state index contributed by atoms with van der Waals surface area (Å²) in [5.74, 6) is 0. The molecule has 1 fully saturated rings. The van der Waals surface area contributed by atoms with Crippen molar-refractivity contribution in [1.82, 2.24) is 15.3 Å². The van der Waals surface area contributed by atoms with Crippen molar-refractivity contribution in [2.24, 2.45) is 0 Å². The maximum Gasteiger partial charge on any atom is 0.0886 e. The lowest BCUT2D eigenvalue weighted by Gasteiger charge is -2.10. The average molecular weight is 217 g/mol. The first-order valence-corrected chi connectivity index (χ1v) is 5.41. The monoisotopic (exact) mass is 217 g/mol. The number of para-hydroxylation sites is 2. The van der Waals surface area contributed by atoms with Crippen LogP contribution in [0.2, 0.25) is 0 Å². The minimum absolute atomic E-state index is 0.889. The fraction of sp³-hybridized carbons (Fsp3) is 0.333. The van der Waals surface area contributed by atoms with E-state index in [4.69, 9.17) is 4.74 Å². The van der Waals surface area contributed by atoms with Crippen LogP contribution in [-0.2, 0) is 4.74 Å². The molecule has 1 aliphatic rings. The summed E-state index contributed by atoms with van der Waals surface area (Å²) in [5, 5.41) is 3.16. The predicted molar refractivity (Wildman–Crippen MR) is 63.2 cm³/mol. The number of morpholine rings is 1. The first-order valence-electron chi connectivity index (χ1n) is 5.41. The molecule has 1 aromatic heterocycles. The summed E-state index contributed by atoms with van der Waals surface area (Å²) in [5.41, 5.74) is 1.90. The molecule has 16 heavy (non-hydrogen) atoms. The molecule has 0 atom stereocenters. The van der Waals surface area contributed by atoms with Crippen LogP contribution < -0.4 is 5.32 Å². The summed E-state index contributed by atoms with van der Waals surface area (Å²) in [7, 11) is 0. The van der Waals surface area contributed by atoms with Crippen LogP contribution in [0.5, 0.6) is 0 Å². The van der Waals surface area contributed by atoms with Crippen molar-refractivity contribution in [2.45, 2.75) is 0 Å². The molecule has 1 saturated heterocycles. The first-order chi connectivity index (χ1) is 7.97. The Morgan fingerprint density at radius 2 is 1.50 bits per heavy atom. The van der Waals surface area contributed by atoms with E-state index < -0.39 is 0 Å². The van der Waals surface area contributed by atoms with E-state index in [0.29, 0.717) is 0 Å². The Balaban J connectivity index is 0.000000138. The van der Waals surface area contributed by atoms with Crippen LogP contribution >= 0.6 is 0 Å². The summed E-state index contributed by atoms with van der Waals surface area (Å²) in [4.78, 5) is 8.24. The first kappa shape index (κ1) is 11.0. The highest BCUT2D eigenvalue weighted by molar-refractivity contribution is 5.72. The maximum atomic E-state index is 5.01. The number of hydrogen-bond donors (Lipinski definition) is 1. The third-order valence-electron chi connectivity index (χ3n) is 2.22. The SMILES string of the molecule is C1COCCN1.c1ccc2nccnc2c1. The number of aromatic nitrogens is 2. The zero-order valence-electron chi connectivity index (χ0n) is 9.10. The Bertz CT molecular complexity index is 352. The van der Waals surface area contributed by atoms with E-state index in [2.05, 4.69) is 15.3 Å². The standard InChI is InChI=1S/C8H6N2.C4H9NO/c1-2-4-8-7(3-1)9-5-6-10-8;1-3-6-4-2-5-1/h1-6H;5H,1-4H2. The van der Waals surface area contributed by atoms with E-state index in [1.807, 2.05) is 24.3 Å². The molecule has 0 bridgehead atoms. The van der Waals surface area contributed by atoms with Crippen molar-refractivity contribution in [2.75, 3.05) is 26.3 Å². The Labute approximate surface area is 94.7 Å². The van der Waals surface area contributed by atoms with Gasteiger partial charge >= 0.3 is 0 Å². The quantitative estimate of drug-likeness (QED) is 0.721. The fourth-order valence-corrected chi connectivity index (χ4v) is 1.43. The van der Waals surface area contributed by atoms with E-state index in [9.17, 15) is 0 Å². The van der Waals surface area contributed by atoms with Gasteiger partial charge in [-0.3, -0.25) is 9.97 Å².